The molecule has 1 fully saturated rings. The van der Waals surface area contributed by atoms with Crippen LogP contribution in [0.2, 0.25) is 0 Å². The molecule has 1 aromatic rings. The fourth-order valence-electron chi connectivity index (χ4n) is 5.02. The topological polar surface area (TPSA) is 172 Å². The van der Waals surface area contributed by atoms with E-state index in [4.69, 9.17) is 9.47 Å². The molecule has 1 aliphatic heterocycles. The summed E-state index contributed by atoms with van der Waals surface area (Å²) in [6, 6.07) is 5.87. The minimum atomic E-state index is -1.03. The highest BCUT2D eigenvalue weighted by Crippen LogP contribution is 2.21. The molecule has 2 rings (SSSR count). The van der Waals surface area contributed by atoms with Crippen molar-refractivity contribution in [1.82, 2.24) is 26.2 Å². The molecule has 0 aliphatic carbocycles. The lowest BCUT2D eigenvalue weighted by molar-refractivity contribution is -0.143. The van der Waals surface area contributed by atoms with Crippen molar-refractivity contribution in [3.63, 3.8) is 0 Å². The zero-order valence-corrected chi connectivity index (χ0v) is 28.8. The monoisotopic (exact) mass is 659 g/mol. The predicted octanol–water partition coefficient (Wildman–Crippen LogP) is 3.45. The molecule has 13 nitrogen and oxygen atoms in total. The van der Waals surface area contributed by atoms with E-state index in [1.807, 2.05) is 44.2 Å². The molecular weight excluding hydrogens is 606 g/mol. The summed E-state index contributed by atoms with van der Waals surface area (Å²) in [6.07, 6.45) is 1.55. The van der Waals surface area contributed by atoms with E-state index < -0.39 is 59.7 Å². The van der Waals surface area contributed by atoms with E-state index in [0.29, 0.717) is 45.1 Å². The highest BCUT2D eigenvalue weighted by molar-refractivity contribution is 5.94. The Kier molecular flexibility index (Phi) is 15.7. The summed E-state index contributed by atoms with van der Waals surface area (Å²) >= 11 is 0. The minimum absolute atomic E-state index is 0.108. The van der Waals surface area contributed by atoms with Crippen molar-refractivity contribution in [3.8, 4) is 0 Å². The Bertz CT molecular complexity index is 1200. The molecule has 4 atom stereocenters. The molecule has 1 heterocycles. The number of nitrogens with one attached hydrogen (secondary N) is 4. The van der Waals surface area contributed by atoms with Crippen LogP contribution in [-0.4, -0.2) is 84.0 Å². The van der Waals surface area contributed by atoms with E-state index in [2.05, 4.69) is 21.3 Å². The molecule has 1 aliphatic rings. The lowest BCUT2D eigenvalue weighted by Gasteiger charge is -2.32. The zero-order valence-electron chi connectivity index (χ0n) is 28.8. The van der Waals surface area contributed by atoms with Crippen molar-refractivity contribution in [1.29, 1.82) is 0 Å². The van der Waals surface area contributed by atoms with Gasteiger partial charge in [0.2, 0.25) is 17.7 Å². The van der Waals surface area contributed by atoms with Crippen molar-refractivity contribution in [2.24, 2.45) is 11.8 Å². The normalized spacial score (nSPS) is 16.5. The number of benzene rings is 1. The van der Waals surface area contributed by atoms with E-state index >= 15 is 0 Å². The summed E-state index contributed by atoms with van der Waals surface area (Å²) in [6.45, 7) is 13.1. The lowest BCUT2D eigenvalue weighted by Crippen LogP contribution is -2.59. The Morgan fingerprint density at radius 3 is 2.21 bits per heavy atom. The van der Waals surface area contributed by atoms with E-state index in [-0.39, 0.29) is 24.9 Å². The number of hydrogen-bond donors (Lipinski definition) is 4. The summed E-state index contributed by atoms with van der Waals surface area (Å²) < 4.78 is 10.6. The number of unbranched alkanes of at least 4 members (excludes halogenated alkanes) is 1. The summed E-state index contributed by atoms with van der Waals surface area (Å²) in [4.78, 5) is 78.1. The first-order valence-electron chi connectivity index (χ1n) is 16.4. The molecule has 0 aromatic heterocycles. The third-order valence-electron chi connectivity index (χ3n) is 7.65. The van der Waals surface area contributed by atoms with Gasteiger partial charge in [-0.3, -0.25) is 14.4 Å². The Hall–Kier alpha value is -4.16. The average Bonchev–Trinajstić information content (AvgIpc) is 3.50. The van der Waals surface area contributed by atoms with Gasteiger partial charge in [0.1, 0.15) is 36.6 Å². The predicted molar refractivity (Wildman–Crippen MR) is 176 cm³/mol. The van der Waals surface area contributed by atoms with E-state index in [1.165, 1.54) is 4.90 Å². The summed E-state index contributed by atoms with van der Waals surface area (Å²) in [5.74, 6) is -1.82. The number of carbonyl (C=O) groups excluding carboxylic acids is 6. The molecule has 47 heavy (non-hydrogen) atoms. The second-order valence-electron chi connectivity index (χ2n) is 13.5. The fraction of sp³-hybridized carbons (Fsp3) is 0.647. The van der Waals surface area contributed by atoms with Crippen molar-refractivity contribution in [2.75, 3.05) is 13.1 Å². The SMILES string of the molecule is CC(C)[C@H](NC(=O)[C@H](CCCCNC(=O)OCc1ccccc1)NC(=O)OC(C)(C)C)C(=O)N1CCC[C@H]1C(=O)N[C@H](C=O)C(C)C. The number of aldehydes is 1. The van der Waals surface area contributed by atoms with E-state index in [9.17, 15) is 28.8 Å². The van der Waals surface area contributed by atoms with E-state index in [1.54, 1.807) is 34.6 Å². The first kappa shape index (κ1) is 39.0. The molecular formula is C34H53N5O8. The largest absolute Gasteiger partial charge is 0.445 e. The van der Waals surface area contributed by atoms with Gasteiger partial charge < -0.3 is 40.4 Å². The average molecular weight is 660 g/mol. The number of nitrogens with zero attached hydrogens (tertiary/aromatic N) is 1. The molecule has 0 unspecified atom stereocenters. The Morgan fingerprint density at radius 2 is 1.62 bits per heavy atom. The molecule has 4 N–H and O–H groups in total. The maximum atomic E-state index is 13.8. The molecule has 5 amide bonds. The van der Waals surface area contributed by atoms with Gasteiger partial charge in [0.05, 0.1) is 6.04 Å². The minimum Gasteiger partial charge on any atom is -0.445 e. The van der Waals surface area contributed by atoms with Crippen LogP contribution < -0.4 is 21.3 Å². The van der Waals surface area contributed by atoms with Gasteiger partial charge in [0, 0.05) is 13.1 Å². The second kappa shape index (κ2) is 18.9. The maximum Gasteiger partial charge on any atom is 0.408 e. The number of hydrogen-bond acceptors (Lipinski definition) is 8. The molecule has 1 saturated heterocycles. The zero-order chi connectivity index (χ0) is 35.1. The molecule has 0 spiro atoms. The van der Waals surface area contributed by atoms with Crippen molar-refractivity contribution in [2.45, 2.75) is 117 Å². The van der Waals surface area contributed by atoms with Crippen LogP contribution in [0.25, 0.3) is 0 Å². The maximum absolute atomic E-state index is 13.8. The molecule has 262 valence electrons. The highest BCUT2D eigenvalue weighted by Gasteiger charge is 2.40. The van der Waals surface area contributed by atoms with Gasteiger partial charge in [-0.1, -0.05) is 58.0 Å². The second-order valence-corrected chi connectivity index (χ2v) is 13.5. The van der Waals surface area contributed by atoms with Crippen molar-refractivity contribution in [3.05, 3.63) is 35.9 Å². The van der Waals surface area contributed by atoms with Gasteiger partial charge >= 0.3 is 12.2 Å². The van der Waals surface area contributed by atoms with Gasteiger partial charge in [-0.25, -0.2) is 9.59 Å². The van der Waals surface area contributed by atoms with E-state index in [0.717, 1.165) is 5.56 Å². The first-order chi connectivity index (χ1) is 22.1. The first-order valence-corrected chi connectivity index (χ1v) is 16.4. The molecule has 0 saturated carbocycles. The van der Waals surface area contributed by atoms with Crippen LogP contribution >= 0.6 is 0 Å². The van der Waals surface area contributed by atoms with Crippen LogP contribution in [0.5, 0.6) is 0 Å². The van der Waals surface area contributed by atoms with Gasteiger partial charge in [-0.15, -0.1) is 0 Å². The van der Waals surface area contributed by atoms with Crippen LogP contribution in [0.15, 0.2) is 30.3 Å². The van der Waals surface area contributed by atoms with Crippen LogP contribution in [0.3, 0.4) is 0 Å². The number of alkyl carbamates (subject to hydrolysis) is 2. The van der Waals surface area contributed by atoms with Gasteiger partial charge in [0.25, 0.3) is 0 Å². The number of rotatable bonds is 16. The Morgan fingerprint density at radius 1 is 0.936 bits per heavy atom. The van der Waals surface area contributed by atoms with Gasteiger partial charge in [0.15, 0.2) is 0 Å². The summed E-state index contributed by atoms with van der Waals surface area (Å²) in [5.41, 5.74) is 0.0686. The Balaban J connectivity index is 2.03. The highest BCUT2D eigenvalue weighted by atomic mass is 16.6. The number of amides is 5. The molecule has 0 bridgehead atoms. The van der Waals surface area contributed by atoms with Crippen LogP contribution in [0.1, 0.15) is 86.1 Å². The molecule has 1 aromatic carbocycles. The van der Waals surface area contributed by atoms with Crippen LogP contribution in [0.4, 0.5) is 9.59 Å². The number of carbonyl (C=O) groups is 6. The van der Waals surface area contributed by atoms with Crippen molar-refractivity contribution >= 4 is 36.2 Å². The molecule has 13 heteroatoms. The third kappa shape index (κ3) is 13.6. The lowest BCUT2D eigenvalue weighted by atomic mass is 10.0. The Labute approximate surface area is 278 Å². The number of likely N-dealkylation sites (tertiary alicyclic amines) is 1. The fourth-order valence-corrected chi connectivity index (χ4v) is 5.02. The third-order valence-corrected chi connectivity index (χ3v) is 7.65. The van der Waals surface area contributed by atoms with Gasteiger partial charge in [-0.2, -0.15) is 0 Å². The van der Waals surface area contributed by atoms with Crippen LogP contribution in [-0.2, 0) is 35.3 Å². The van der Waals surface area contributed by atoms with Crippen LogP contribution in [0, 0.1) is 11.8 Å². The standard InChI is InChI=1S/C34H53N5O8/c1-22(2)26(20-40)36-30(42)27-17-13-19-39(27)31(43)28(23(3)4)38-29(41)25(37-33(45)47-34(5,6)7)16-11-12-18-35-32(44)46-21-24-14-9-8-10-15-24/h8-10,14-15,20,22-23,25-28H,11-13,16-19,21H2,1-7H3,(H,35,44)(H,36,42)(H,37,45)(H,38,41)/t25-,26+,27-,28-/m0/s1. The van der Waals surface area contributed by atoms with Gasteiger partial charge in [-0.05, 0) is 70.3 Å². The van der Waals surface area contributed by atoms with Crippen molar-refractivity contribution < 1.29 is 38.2 Å². The molecule has 0 radical (unpaired) electrons. The summed E-state index contributed by atoms with van der Waals surface area (Å²) in [7, 11) is 0. The summed E-state index contributed by atoms with van der Waals surface area (Å²) in [5, 5.41) is 10.8. The number of ether oxygens (including phenoxy) is 2. The smallest absolute Gasteiger partial charge is 0.408 e. The quantitative estimate of drug-likeness (QED) is 0.154.